The molecule has 4 atom stereocenters. The van der Waals surface area contributed by atoms with Gasteiger partial charge in [0.15, 0.2) is 0 Å². The zero-order valence-corrected chi connectivity index (χ0v) is 19.1. The summed E-state index contributed by atoms with van der Waals surface area (Å²) in [6.07, 6.45) is 1.23. The lowest BCUT2D eigenvalue weighted by Crippen LogP contribution is -2.49. The summed E-state index contributed by atoms with van der Waals surface area (Å²) in [6, 6.07) is -1.23. The van der Waals surface area contributed by atoms with Crippen molar-refractivity contribution >= 4 is 39.5 Å². The zero-order chi connectivity index (χ0) is 21.8. The van der Waals surface area contributed by atoms with Crippen LogP contribution in [0, 0.1) is 5.92 Å². The van der Waals surface area contributed by atoms with Crippen molar-refractivity contribution in [2.24, 2.45) is 5.92 Å². The average molecular weight is 449 g/mol. The van der Waals surface area contributed by atoms with Crippen molar-refractivity contribution in [3.05, 3.63) is 0 Å². The van der Waals surface area contributed by atoms with E-state index in [1.165, 1.54) is 13.8 Å². The van der Waals surface area contributed by atoms with E-state index in [0.717, 1.165) is 6.42 Å². The number of amides is 3. The molecule has 0 aromatic heterocycles. The Morgan fingerprint density at radius 1 is 1.24 bits per heavy atom. The summed E-state index contributed by atoms with van der Waals surface area (Å²) in [5.41, 5.74) is 0. The number of likely N-dealkylation sites (tertiary alicyclic amines) is 1. The molecule has 0 saturated carbocycles. The molecule has 11 heteroatoms. The second-order valence-electron chi connectivity index (χ2n) is 7.85. The third-order valence-corrected chi connectivity index (χ3v) is 7.97. The van der Waals surface area contributed by atoms with Gasteiger partial charge >= 0.3 is 0 Å². The molecule has 0 aromatic carbocycles. The van der Waals surface area contributed by atoms with E-state index in [-0.39, 0.29) is 35.4 Å². The maximum Gasteiger partial charge on any atom is 0.246 e. The Bertz CT molecular complexity index is 730. The van der Waals surface area contributed by atoms with Gasteiger partial charge in [-0.2, -0.15) is 0 Å². The number of nitrogens with one attached hydrogen (secondary N) is 2. The lowest BCUT2D eigenvalue weighted by atomic mass is 10.1. The maximum atomic E-state index is 12.9. The van der Waals surface area contributed by atoms with E-state index in [0.29, 0.717) is 31.1 Å². The predicted octanol–water partition coefficient (Wildman–Crippen LogP) is -0.0211. The first-order valence-electron chi connectivity index (χ1n) is 9.98. The molecule has 9 nitrogen and oxygen atoms in total. The number of hydrogen-bond acceptors (Lipinski definition) is 6. The largest absolute Gasteiger partial charge is 0.354 e. The van der Waals surface area contributed by atoms with Crippen molar-refractivity contribution in [3.8, 4) is 0 Å². The second kappa shape index (κ2) is 10.1. The Balaban J connectivity index is 1.86. The van der Waals surface area contributed by atoms with Crippen LogP contribution < -0.4 is 10.0 Å². The maximum absolute atomic E-state index is 12.9. The molecule has 0 aromatic rings. The van der Waals surface area contributed by atoms with E-state index in [9.17, 15) is 22.8 Å². The minimum absolute atomic E-state index is 0.0153. The Labute approximate surface area is 177 Å². The van der Waals surface area contributed by atoms with Gasteiger partial charge < -0.3 is 15.1 Å². The SMILES string of the molecule is CCCS(=O)(=O)NC(C)C(=O)NCC1CC(C)N(C(=O)[C@H]2CSCN2C(C)=O)C1. The number of rotatable bonds is 8. The number of sulfonamides is 1. The third kappa shape index (κ3) is 6.32. The van der Waals surface area contributed by atoms with Crippen molar-refractivity contribution in [1.29, 1.82) is 0 Å². The fourth-order valence-electron chi connectivity index (χ4n) is 3.79. The molecular weight excluding hydrogens is 416 g/mol. The summed E-state index contributed by atoms with van der Waals surface area (Å²) in [5.74, 6) is 0.723. The Morgan fingerprint density at radius 3 is 2.55 bits per heavy atom. The van der Waals surface area contributed by atoms with Crippen LogP contribution in [0.3, 0.4) is 0 Å². The highest BCUT2D eigenvalue weighted by Crippen LogP contribution is 2.28. The van der Waals surface area contributed by atoms with Gasteiger partial charge in [-0.1, -0.05) is 6.92 Å². The number of thioether (sulfide) groups is 1. The van der Waals surface area contributed by atoms with Gasteiger partial charge in [-0.05, 0) is 32.6 Å². The summed E-state index contributed by atoms with van der Waals surface area (Å²) >= 11 is 1.58. The topological polar surface area (TPSA) is 116 Å². The molecule has 3 amide bonds. The Hall–Kier alpha value is -1.33. The van der Waals surface area contributed by atoms with Gasteiger partial charge in [0.05, 0.1) is 17.7 Å². The van der Waals surface area contributed by atoms with Crippen LogP contribution in [-0.4, -0.2) is 84.5 Å². The summed E-state index contributed by atoms with van der Waals surface area (Å²) < 4.78 is 26.0. The van der Waals surface area contributed by atoms with Crippen molar-refractivity contribution < 1.29 is 22.8 Å². The van der Waals surface area contributed by atoms with E-state index in [4.69, 9.17) is 0 Å². The molecule has 2 rings (SSSR count). The molecule has 0 radical (unpaired) electrons. The molecule has 2 fully saturated rings. The number of carbonyl (C=O) groups excluding carboxylic acids is 3. The van der Waals surface area contributed by atoms with Crippen LogP contribution in [0.5, 0.6) is 0 Å². The minimum atomic E-state index is -3.46. The number of nitrogens with zero attached hydrogens (tertiary/aromatic N) is 2. The molecule has 166 valence electrons. The normalized spacial score (nSPS) is 25.9. The first-order valence-corrected chi connectivity index (χ1v) is 12.8. The summed E-state index contributed by atoms with van der Waals surface area (Å²) in [6.45, 7) is 7.63. The smallest absolute Gasteiger partial charge is 0.246 e. The molecule has 2 heterocycles. The van der Waals surface area contributed by atoms with Crippen LogP contribution >= 0.6 is 11.8 Å². The van der Waals surface area contributed by atoms with E-state index < -0.39 is 22.1 Å². The van der Waals surface area contributed by atoms with Gasteiger partial charge in [0.1, 0.15) is 6.04 Å². The lowest BCUT2D eigenvalue weighted by Gasteiger charge is -2.29. The van der Waals surface area contributed by atoms with Gasteiger partial charge in [0.2, 0.25) is 27.7 Å². The van der Waals surface area contributed by atoms with Gasteiger partial charge in [-0.25, -0.2) is 13.1 Å². The predicted molar refractivity (Wildman–Crippen MR) is 113 cm³/mol. The van der Waals surface area contributed by atoms with Crippen molar-refractivity contribution in [3.63, 3.8) is 0 Å². The number of carbonyl (C=O) groups is 3. The van der Waals surface area contributed by atoms with Crippen molar-refractivity contribution in [1.82, 2.24) is 19.8 Å². The zero-order valence-electron chi connectivity index (χ0n) is 17.5. The third-order valence-electron chi connectivity index (χ3n) is 5.30. The molecule has 2 aliphatic heterocycles. The molecule has 0 aliphatic carbocycles. The first kappa shape index (κ1) is 23.9. The van der Waals surface area contributed by atoms with Crippen LogP contribution in [0.15, 0.2) is 0 Å². The van der Waals surface area contributed by atoms with Crippen LogP contribution in [0.1, 0.15) is 40.5 Å². The summed E-state index contributed by atoms with van der Waals surface area (Å²) in [5, 5.41) is 2.79. The lowest BCUT2D eigenvalue weighted by molar-refractivity contribution is -0.142. The van der Waals surface area contributed by atoms with Crippen molar-refractivity contribution in [2.75, 3.05) is 30.5 Å². The Kier molecular flexibility index (Phi) is 8.36. The fourth-order valence-corrected chi connectivity index (χ4v) is 6.31. The highest BCUT2D eigenvalue weighted by atomic mass is 32.2. The Morgan fingerprint density at radius 2 is 1.93 bits per heavy atom. The molecule has 2 N–H and O–H groups in total. The van der Waals surface area contributed by atoms with E-state index in [1.807, 2.05) is 6.92 Å². The molecule has 2 aliphatic rings. The summed E-state index contributed by atoms with van der Waals surface area (Å²) in [7, 11) is -3.46. The van der Waals surface area contributed by atoms with E-state index >= 15 is 0 Å². The van der Waals surface area contributed by atoms with Gasteiger partial charge in [0, 0.05) is 31.8 Å². The van der Waals surface area contributed by atoms with Gasteiger partial charge in [-0.15, -0.1) is 11.8 Å². The first-order chi connectivity index (χ1) is 13.6. The second-order valence-corrected chi connectivity index (χ2v) is 10.7. The fraction of sp³-hybridized carbons (Fsp3) is 0.833. The standard InChI is InChI=1S/C18H32N4O5S2/c1-5-6-29(26,27)20-13(3)17(24)19-8-15-7-12(2)21(9-15)18(25)16-10-28-11-22(16)14(4)23/h12-13,15-16,20H,5-11H2,1-4H3,(H,19,24)/t12?,13?,15?,16-/m1/s1. The molecule has 0 bridgehead atoms. The van der Waals surface area contributed by atoms with Crippen LogP contribution in [0.4, 0.5) is 0 Å². The summed E-state index contributed by atoms with van der Waals surface area (Å²) in [4.78, 5) is 40.3. The van der Waals surface area contributed by atoms with E-state index in [2.05, 4.69) is 10.0 Å². The van der Waals surface area contributed by atoms with Crippen LogP contribution in [0.2, 0.25) is 0 Å². The van der Waals surface area contributed by atoms with E-state index in [1.54, 1.807) is 28.5 Å². The van der Waals surface area contributed by atoms with Crippen molar-refractivity contribution in [2.45, 2.75) is 58.7 Å². The van der Waals surface area contributed by atoms with Gasteiger partial charge in [0.25, 0.3) is 0 Å². The monoisotopic (exact) mass is 448 g/mol. The minimum Gasteiger partial charge on any atom is -0.354 e. The molecule has 29 heavy (non-hydrogen) atoms. The van der Waals surface area contributed by atoms with Gasteiger partial charge in [-0.3, -0.25) is 14.4 Å². The highest BCUT2D eigenvalue weighted by Gasteiger charge is 2.40. The quantitative estimate of drug-likeness (QED) is 0.539. The number of hydrogen-bond donors (Lipinski definition) is 2. The molecule has 2 saturated heterocycles. The molecule has 0 spiro atoms. The van der Waals surface area contributed by atoms with Crippen LogP contribution in [-0.2, 0) is 24.4 Å². The molecular formula is C18H32N4O5S2. The highest BCUT2D eigenvalue weighted by molar-refractivity contribution is 7.99. The van der Waals surface area contributed by atoms with Crippen LogP contribution in [0.25, 0.3) is 0 Å². The molecule has 3 unspecified atom stereocenters. The average Bonchev–Trinajstić information content (AvgIpc) is 3.25.